The van der Waals surface area contributed by atoms with Gasteiger partial charge in [0, 0.05) is 0 Å². The minimum absolute atomic E-state index is 0. The highest BCUT2D eigenvalue weighted by Gasteiger charge is 2.38. The minimum Gasteiger partial charge on any atom is -0.790 e. The van der Waals surface area contributed by atoms with E-state index in [1.807, 2.05) is 0 Å². The van der Waals surface area contributed by atoms with E-state index in [0.717, 1.165) is 0 Å². The number of rotatable bonds is 8. The third-order valence-electron chi connectivity index (χ3n) is 0.813. The van der Waals surface area contributed by atoms with Crippen molar-refractivity contribution in [3.05, 3.63) is 0 Å². The summed E-state index contributed by atoms with van der Waals surface area (Å²) in [7, 11) is -30.9. The standard InChI is InChI=1S/4H3N.H7O16P5/c;;;;1-17(2,3)13-19(7,8)15-21(11,12)16-20(9,10)14-18(4,5)6/h4*1H3;(H,7,8)(H,9,10)(H,11,12)(H2,1,2,3)(H2,4,5,6). The van der Waals surface area contributed by atoms with E-state index >= 15 is 0 Å². The van der Waals surface area contributed by atoms with Crippen LogP contribution in [0.25, 0.3) is 0 Å². The van der Waals surface area contributed by atoms with Crippen molar-refractivity contribution in [2.75, 3.05) is 0 Å². The van der Waals surface area contributed by atoms with Gasteiger partial charge in [0.25, 0.3) is 15.6 Å². The van der Waals surface area contributed by atoms with E-state index in [4.69, 9.17) is 14.7 Å². The fraction of sp³-hybridized carbons (Fsp3) is 0. The molecule has 0 bridgehead atoms. The summed E-state index contributed by atoms with van der Waals surface area (Å²) in [6.07, 6.45) is 0. The molecule has 0 rings (SSSR count). The summed E-state index contributed by atoms with van der Waals surface area (Å²) in [4.78, 5) is 66.1. The molecule has 0 spiro atoms. The molecule has 0 aromatic rings. The first kappa shape index (κ1) is 36.5. The number of phosphoric acid groups is 5. The van der Waals surface area contributed by atoms with Crippen LogP contribution in [-0.4, -0.2) is 14.7 Å². The summed E-state index contributed by atoms with van der Waals surface area (Å²) in [5.74, 6) is 0. The highest BCUT2D eigenvalue weighted by Crippen LogP contribution is 2.69. The first-order valence-electron chi connectivity index (χ1n) is 3.70. The normalized spacial score (nSPS) is 18.5. The average molecular weight is 486 g/mol. The Morgan fingerprint density at radius 3 is 1.16 bits per heavy atom. The molecule has 0 aromatic carbocycles. The zero-order valence-electron chi connectivity index (χ0n) is 12.9. The Bertz CT molecular complexity index is 562. The second-order valence-electron chi connectivity index (χ2n) is 2.63. The lowest BCUT2D eigenvalue weighted by atomic mass is 14.0. The predicted molar refractivity (Wildman–Crippen MR) is 73.0 cm³/mol. The van der Waals surface area contributed by atoms with E-state index in [0.29, 0.717) is 0 Å². The van der Waals surface area contributed by atoms with Gasteiger partial charge in [-0.1, -0.05) is 0 Å². The van der Waals surface area contributed by atoms with Crippen molar-refractivity contribution in [2.24, 2.45) is 0 Å². The Morgan fingerprint density at radius 1 is 0.560 bits per heavy atom. The molecule has 0 fully saturated rings. The molecular formula is H19N4O16P5. The van der Waals surface area contributed by atoms with Gasteiger partial charge in [-0.15, -0.1) is 0 Å². The summed E-state index contributed by atoms with van der Waals surface area (Å²) in [5, 5.41) is 0. The van der Waals surface area contributed by atoms with Crippen LogP contribution in [-0.2, 0) is 40.1 Å². The second-order valence-corrected chi connectivity index (χ2v) is 9.84. The number of hydrogen-bond acceptors (Lipinski definition) is 13. The molecule has 0 aliphatic rings. The smallest absolute Gasteiger partial charge is 0.487 e. The maximum atomic E-state index is 10.8. The van der Waals surface area contributed by atoms with Crippen LogP contribution in [0.3, 0.4) is 0 Å². The average Bonchev–Trinajstić information content (AvgIpc) is 1.83. The SMILES string of the molecule is O=P([O-])([O-])OP(=O)([O-])OP(=O)([O-])OP(=O)(O)OP(=O)(O)O.[NH4+].[NH4+].[NH4+].[NH4+]. The quantitative estimate of drug-likeness (QED) is 0.192. The van der Waals surface area contributed by atoms with Crippen molar-refractivity contribution >= 4 is 39.1 Å². The molecule has 3 atom stereocenters. The lowest BCUT2D eigenvalue weighted by molar-refractivity contribution is -0.339. The first-order chi connectivity index (χ1) is 8.83. The molecule has 160 valence electrons. The van der Waals surface area contributed by atoms with E-state index < -0.39 is 39.1 Å². The van der Waals surface area contributed by atoms with Crippen molar-refractivity contribution in [3.8, 4) is 0 Å². The predicted octanol–water partition coefficient (Wildman–Crippen LogP) is -1.48. The van der Waals surface area contributed by atoms with Crippen molar-refractivity contribution in [1.82, 2.24) is 24.6 Å². The number of quaternary nitrogens is 4. The molecular weight excluding hydrogens is 467 g/mol. The fourth-order valence-corrected chi connectivity index (χ4v) is 5.76. The monoisotopic (exact) mass is 486 g/mol. The van der Waals surface area contributed by atoms with E-state index in [-0.39, 0.29) is 24.6 Å². The Labute approximate surface area is 139 Å². The lowest BCUT2D eigenvalue weighted by Gasteiger charge is -2.37. The van der Waals surface area contributed by atoms with Gasteiger partial charge >= 0.3 is 15.6 Å². The summed E-state index contributed by atoms with van der Waals surface area (Å²) >= 11 is 0. The molecule has 0 saturated heterocycles. The van der Waals surface area contributed by atoms with Gasteiger partial charge < -0.3 is 63.4 Å². The Kier molecular flexibility index (Phi) is 16.6. The fourth-order valence-electron chi connectivity index (χ4n) is 0.550. The molecule has 0 heterocycles. The summed E-state index contributed by atoms with van der Waals surface area (Å²) in [6, 6.07) is 0. The zero-order valence-corrected chi connectivity index (χ0v) is 17.4. The molecule has 0 aliphatic heterocycles. The molecule has 25 heavy (non-hydrogen) atoms. The van der Waals surface area contributed by atoms with Crippen LogP contribution >= 0.6 is 39.1 Å². The van der Waals surface area contributed by atoms with E-state index in [9.17, 15) is 42.4 Å². The molecule has 3 unspecified atom stereocenters. The number of hydrogen-bond donors (Lipinski definition) is 7. The first-order valence-corrected chi connectivity index (χ1v) is 11.1. The van der Waals surface area contributed by atoms with E-state index in [2.05, 4.69) is 17.2 Å². The van der Waals surface area contributed by atoms with Gasteiger partial charge in [0.15, 0.2) is 0 Å². The molecule has 0 aromatic heterocycles. The Hall–Kier alpha value is 0.550. The maximum Gasteiger partial charge on any atom is 0.487 e. The molecule has 0 aliphatic carbocycles. The van der Waals surface area contributed by atoms with Crippen molar-refractivity contribution in [3.63, 3.8) is 0 Å². The van der Waals surface area contributed by atoms with Crippen LogP contribution in [0.15, 0.2) is 0 Å². The van der Waals surface area contributed by atoms with Crippen LogP contribution in [0.4, 0.5) is 0 Å². The maximum absolute atomic E-state index is 10.8. The summed E-state index contributed by atoms with van der Waals surface area (Å²) in [6.45, 7) is 0. The molecule has 0 radical (unpaired) electrons. The zero-order chi connectivity index (χ0) is 17.3. The largest absolute Gasteiger partial charge is 0.790 e. The molecule has 20 nitrogen and oxygen atoms in total. The van der Waals surface area contributed by atoms with Crippen LogP contribution in [0.5, 0.6) is 0 Å². The van der Waals surface area contributed by atoms with Gasteiger partial charge in [0.1, 0.15) is 0 Å². The molecule has 0 amide bonds. The highest BCUT2D eigenvalue weighted by molar-refractivity contribution is 7.70. The lowest BCUT2D eigenvalue weighted by Crippen LogP contribution is -2.20. The van der Waals surface area contributed by atoms with Crippen molar-refractivity contribution in [1.29, 1.82) is 0 Å². The third kappa shape index (κ3) is 20.7. The topological polar surface area (TPSA) is 421 Å². The third-order valence-corrected chi connectivity index (χ3v) is 7.31. The van der Waals surface area contributed by atoms with Crippen LogP contribution in [0.2, 0.25) is 0 Å². The Balaban J connectivity index is -0.000000333. The van der Waals surface area contributed by atoms with E-state index in [1.54, 1.807) is 0 Å². The van der Waals surface area contributed by atoms with Gasteiger partial charge in [0.2, 0.25) is 0 Å². The molecule has 0 saturated carbocycles. The van der Waals surface area contributed by atoms with Gasteiger partial charge in [-0.3, -0.25) is 13.4 Å². The van der Waals surface area contributed by atoms with Crippen molar-refractivity contribution in [2.45, 2.75) is 0 Å². The summed E-state index contributed by atoms with van der Waals surface area (Å²) in [5.41, 5.74) is 0. The van der Waals surface area contributed by atoms with Crippen molar-refractivity contribution < 1.29 is 74.3 Å². The van der Waals surface area contributed by atoms with Crippen LogP contribution < -0.4 is 44.2 Å². The summed E-state index contributed by atoms with van der Waals surface area (Å²) < 4.78 is 63.8. The second kappa shape index (κ2) is 11.4. The van der Waals surface area contributed by atoms with Crippen LogP contribution in [0, 0.1) is 0 Å². The Morgan fingerprint density at radius 2 is 0.880 bits per heavy atom. The van der Waals surface area contributed by atoms with Gasteiger partial charge in [-0.25, -0.2) is 17.8 Å². The molecule has 25 heteroatoms. The molecule has 19 N–H and O–H groups in total. The van der Waals surface area contributed by atoms with Gasteiger partial charge in [-0.05, 0) is 0 Å². The van der Waals surface area contributed by atoms with Gasteiger partial charge in [-0.2, -0.15) is 4.31 Å². The van der Waals surface area contributed by atoms with Crippen LogP contribution in [0.1, 0.15) is 0 Å². The highest BCUT2D eigenvalue weighted by atomic mass is 31.3. The minimum atomic E-state index is -6.44. The van der Waals surface area contributed by atoms with E-state index in [1.165, 1.54) is 0 Å². The van der Waals surface area contributed by atoms with Gasteiger partial charge in [0.05, 0.1) is 7.82 Å².